The van der Waals surface area contributed by atoms with Crippen molar-refractivity contribution in [2.75, 3.05) is 6.16 Å². The van der Waals surface area contributed by atoms with Crippen LogP contribution >= 0.6 is 7.05 Å². The van der Waals surface area contributed by atoms with Gasteiger partial charge in [-0.3, -0.25) is 9.54 Å². The highest BCUT2D eigenvalue weighted by Gasteiger charge is 2.28. The Morgan fingerprint density at radius 2 is 1.10 bits per heavy atom. The van der Waals surface area contributed by atoms with E-state index in [1.807, 2.05) is 79.7 Å². The fraction of sp³-hybridized carbons (Fsp3) is 0.107. The van der Waals surface area contributed by atoms with Gasteiger partial charge in [-0.2, -0.15) is 0 Å². The molecule has 31 heavy (non-hydrogen) atoms. The monoisotopic (exact) mass is 423 g/mol. The summed E-state index contributed by atoms with van der Waals surface area (Å²) in [4.78, 5) is 13.5. The van der Waals surface area contributed by atoms with E-state index < -0.39 is 7.05 Å². The minimum Gasteiger partial charge on any atom is -0.294 e. The van der Waals surface area contributed by atoms with Crippen LogP contribution in [0.25, 0.3) is 0 Å². The van der Waals surface area contributed by atoms with Gasteiger partial charge in [-0.25, -0.2) is 0 Å². The zero-order valence-electron chi connectivity index (χ0n) is 17.9. The summed E-state index contributed by atoms with van der Waals surface area (Å²) in [6.07, 6.45) is 0.359. The third-order valence-electron chi connectivity index (χ3n) is 5.43. The Morgan fingerprint density at radius 1 is 0.645 bits per heavy atom. The normalized spacial score (nSPS) is 11.2. The predicted molar refractivity (Wildman–Crippen MR) is 133 cm³/mol. The molecule has 4 aromatic carbocycles. The minimum atomic E-state index is -2.40. The van der Waals surface area contributed by atoms with E-state index in [2.05, 4.69) is 43.3 Å². The summed E-state index contributed by atoms with van der Waals surface area (Å²) in [7, 11) is -2.40. The van der Waals surface area contributed by atoms with Crippen molar-refractivity contribution in [3.05, 3.63) is 126 Å². The lowest BCUT2D eigenvalue weighted by atomic mass is 10.1. The van der Waals surface area contributed by atoms with Crippen LogP contribution in [-0.4, -0.2) is 11.9 Å². The van der Waals surface area contributed by atoms with Crippen LogP contribution in [0.2, 0.25) is 0 Å². The van der Waals surface area contributed by atoms with Gasteiger partial charge in [-0.15, -0.1) is 0 Å². The molecule has 0 aliphatic heterocycles. The fourth-order valence-corrected chi connectivity index (χ4v) is 7.10. The van der Waals surface area contributed by atoms with Gasteiger partial charge in [0.25, 0.3) is 0 Å². The van der Waals surface area contributed by atoms with Crippen LogP contribution in [0.5, 0.6) is 0 Å². The van der Waals surface area contributed by atoms with E-state index in [4.69, 9.17) is 4.74 Å². The fourth-order valence-electron chi connectivity index (χ4n) is 3.68. The quantitative estimate of drug-likeness (QED) is 0.252. The third kappa shape index (κ3) is 4.76. The molecular formula is C28H26NOP. The lowest BCUT2D eigenvalue weighted by Crippen LogP contribution is -2.23. The molecule has 0 aliphatic rings. The summed E-state index contributed by atoms with van der Waals surface area (Å²) in [6, 6.07) is 36.7. The van der Waals surface area contributed by atoms with Crippen molar-refractivity contribution in [3.8, 4) is 0 Å². The molecule has 154 valence electrons. The minimum absolute atomic E-state index is 0.122. The highest BCUT2D eigenvalue weighted by atomic mass is 31.2. The molecule has 3 heteroatoms. The van der Waals surface area contributed by atoms with Crippen LogP contribution in [0.4, 0.5) is 5.69 Å². The molecule has 0 atom stereocenters. The van der Waals surface area contributed by atoms with Gasteiger partial charge in [-0.1, -0.05) is 108 Å². The Bertz CT molecular complexity index is 1170. The number of ketones is 1. The summed E-state index contributed by atoms with van der Waals surface area (Å²) >= 11 is 0. The lowest BCUT2D eigenvalue weighted by Gasteiger charge is -2.26. The topological polar surface area (TPSA) is 29.4 Å². The van der Waals surface area contributed by atoms with Gasteiger partial charge in [0.05, 0.1) is 11.8 Å². The Kier molecular flexibility index (Phi) is 6.30. The zero-order valence-corrected chi connectivity index (χ0v) is 18.8. The van der Waals surface area contributed by atoms with E-state index in [9.17, 15) is 4.79 Å². The summed E-state index contributed by atoms with van der Waals surface area (Å²) < 4.78 is 5.35. The van der Waals surface area contributed by atoms with E-state index >= 15 is 0 Å². The predicted octanol–water partition coefficient (Wildman–Crippen LogP) is 6.67. The maximum absolute atomic E-state index is 13.5. The van der Waals surface area contributed by atoms with Crippen molar-refractivity contribution in [2.45, 2.75) is 13.8 Å². The highest BCUT2D eigenvalue weighted by Crippen LogP contribution is 2.50. The van der Waals surface area contributed by atoms with Crippen molar-refractivity contribution < 1.29 is 4.79 Å². The van der Waals surface area contributed by atoms with Gasteiger partial charge in [0.2, 0.25) is 0 Å². The molecule has 4 aromatic rings. The number of carbonyl (C=O) groups is 1. The molecule has 0 heterocycles. The van der Waals surface area contributed by atoms with Crippen LogP contribution in [0, 0.1) is 13.8 Å². The molecule has 0 amide bonds. The van der Waals surface area contributed by atoms with Crippen molar-refractivity contribution in [2.24, 2.45) is 4.74 Å². The molecule has 0 saturated heterocycles. The van der Waals surface area contributed by atoms with Gasteiger partial charge in [-0.05, 0) is 36.6 Å². The van der Waals surface area contributed by atoms with E-state index in [1.165, 1.54) is 5.56 Å². The molecule has 0 unspecified atom stereocenters. The van der Waals surface area contributed by atoms with E-state index in [0.717, 1.165) is 27.4 Å². The van der Waals surface area contributed by atoms with E-state index in [0.29, 0.717) is 6.16 Å². The van der Waals surface area contributed by atoms with Crippen LogP contribution in [0.3, 0.4) is 0 Å². The molecule has 0 bridgehead atoms. The van der Waals surface area contributed by atoms with Crippen molar-refractivity contribution in [3.63, 3.8) is 0 Å². The van der Waals surface area contributed by atoms with Gasteiger partial charge in [0.15, 0.2) is 5.78 Å². The molecule has 4 rings (SSSR count). The van der Waals surface area contributed by atoms with Crippen LogP contribution in [-0.2, 0) is 0 Å². The molecule has 0 radical (unpaired) electrons. The smallest absolute Gasteiger partial charge is 0.169 e. The van der Waals surface area contributed by atoms with Gasteiger partial charge in [0, 0.05) is 12.6 Å². The molecule has 0 aromatic heterocycles. The second-order valence-electron chi connectivity index (χ2n) is 7.82. The third-order valence-corrected chi connectivity index (χ3v) is 9.05. The van der Waals surface area contributed by atoms with Crippen LogP contribution < -0.4 is 10.6 Å². The standard InChI is InChI=1S/C28H26NOP/c1-22-13-17-24(18-14-22)28(30)21-31(26-9-5-3-6-10-26,27-11-7-4-8-12-27)29-25-19-15-23(2)16-20-25/h3-20H,21H2,1-2H3. The maximum atomic E-state index is 13.5. The van der Waals surface area contributed by atoms with Crippen LogP contribution in [0.1, 0.15) is 21.5 Å². The molecule has 0 aliphatic carbocycles. The highest BCUT2D eigenvalue weighted by molar-refractivity contribution is 7.81. The average Bonchev–Trinajstić information content (AvgIpc) is 2.81. The summed E-state index contributed by atoms with van der Waals surface area (Å²) in [5.41, 5.74) is 3.98. The number of Topliss-reactive ketones (excluding diaryl/α,β-unsaturated/α-hetero) is 1. The van der Waals surface area contributed by atoms with Crippen molar-refractivity contribution in [1.82, 2.24) is 0 Å². The summed E-state index contributed by atoms with van der Waals surface area (Å²) in [6.45, 7) is 4.10. The second kappa shape index (κ2) is 9.29. The number of nitrogens with zero attached hydrogens (tertiary/aromatic N) is 1. The summed E-state index contributed by atoms with van der Waals surface area (Å²) in [5, 5.41) is 2.23. The van der Waals surface area contributed by atoms with Crippen molar-refractivity contribution in [1.29, 1.82) is 0 Å². The Hall–Kier alpha value is -3.22. The number of carbonyl (C=O) groups excluding carboxylic acids is 1. The van der Waals surface area contributed by atoms with Crippen molar-refractivity contribution >= 4 is 29.1 Å². The molecule has 0 N–H and O–H groups in total. The summed E-state index contributed by atoms with van der Waals surface area (Å²) in [5.74, 6) is 0.122. The first-order valence-corrected chi connectivity index (χ1v) is 12.4. The SMILES string of the molecule is Cc1ccc(N=P(CC(=O)c2ccc(C)cc2)(c2ccccc2)c2ccccc2)cc1. The lowest BCUT2D eigenvalue weighted by molar-refractivity contribution is 0.102. The Balaban J connectivity index is 1.94. The number of benzene rings is 4. The Morgan fingerprint density at radius 3 is 1.58 bits per heavy atom. The maximum Gasteiger partial charge on any atom is 0.169 e. The molecule has 2 nitrogen and oxygen atoms in total. The van der Waals surface area contributed by atoms with Gasteiger partial charge >= 0.3 is 0 Å². The van der Waals surface area contributed by atoms with E-state index in [1.54, 1.807) is 0 Å². The first kappa shape index (κ1) is 21.0. The van der Waals surface area contributed by atoms with Gasteiger partial charge < -0.3 is 0 Å². The molecule has 0 saturated carbocycles. The first-order chi connectivity index (χ1) is 15.1. The number of hydrogen-bond acceptors (Lipinski definition) is 2. The Labute approximate surface area is 184 Å². The number of aryl methyl sites for hydroxylation is 2. The average molecular weight is 423 g/mol. The first-order valence-electron chi connectivity index (χ1n) is 10.5. The second-order valence-corrected chi connectivity index (χ2v) is 10.9. The number of hydrogen-bond donors (Lipinski definition) is 0. The van der Waals surface area contributed by atoms with E-state index in [-0.39, 0.29) is 5.78 Å². The largest absolute Gasteiger partial charge is 0.294 e. The van der Waals surface area contributed by atoms with Crippen LogP contribution in [0.15, 0.2) is 114 Å². The molecule has 0 fully saturated rings. The molecule has 0 spiro atoms. The van der Waals surface area contributed by atoms with Gasteiger partial charge in [0.1, 0.15) is 0 Å². The number of rotatable bonds is 6. The zero-order chi connectivity index (χ0) is 21.7. The molecular weight excluding hydrogens is 397 g/mol.